The largest absolute Gasteiger partial charge is 0.573 e. The number of thiazole rings is 1. The van der Waals surface area contributed by atoms with Crippen molar-refractivity contribution in [3.8, 4) is 5.75 Å². The molecule has 1 aliphatic rings. The van der Waals surface area contributed by atoms with Crippen molar-refractivity contribution in [2.75, 3.05) is 36.0 Å². The third-order valence-corrected chi connectivity index (χ3v) is 4.45. The molecule has 2 aromatic heterocycles. The van der Waals surface area contributed by atoms with Gasteiger partial charge in [-0.25, -0.2) is 9.97 Å². The van der Waals surface area contributed by atoms with Gasteiger partial charge in [0.05, 0.1) is 11.9 Å². The van der Waals surface area contributed by atoms with Gasteiger partial charge < -0.3 is 14.5 Å². The number of nitrogens with zero attached hydrogens (tertiary/aromatic N) is 4. The number of rotatable bonds is 3. The molecule has 0 unspecified atom stereocenters. The minimum Gasteiger partial charge on any atom is -0.404 e. The summed E-state index contributed by atoms with van der Waals surface area (Å²) in [5, 5.41) is 3.02. The maximum atomic E-state index is 12.1. The molecule has 23 heavy (non-hydrogen) atoms. The van der Waals surface area contributed by atoms with Crippen molar-refractivity contribution in [3.05, 3.63) is 29.4 Å². The van der Waals surface area contributed by atoms with Crippen LogP contribution in [0, 0.1) is 6.92 Å². The highest BCUT2D eigenvalue weighted by molar-refractivity contribution is 7.13. The predicted molar refractivity (Wildman–Crippen MR) is 82.2 cm³/mol. The number of alkyl halides is 3. The van der Waals surface area contributed by atoms with Crippen molar-refractivity contribution in [2.45, 2.75) is 13.3 Å². The molecule has 9 heteroatoms. The van der Waals surface area contributed by atoms with Crippen LogP contribution in [-0.4, -0.2) is 42.5 Å². The summed E-state index contributed by atoms with van der Waals surface area (Å²) in [6, 6.07) is 2.83. The van der Waals surface area contributed by atoms with Gasteiger partial charge in [0.2, 0.25) is 0 Å². The van der Waals surface area contributed by atoms with E-state index in [9.17, 15) is 13.2 Å². The maximum absolute atomic E-state index is 12.1. The average molecular weight is 344 g/mol. The molecule has 124 valence electrons. The molecule has 0 amide bonds. The minimum atomic E-state index is -4.69. The minimum absolute atomic E-state index is 0.307. The van der Waals surface area contributed by atoms with Crippen molar-refractivity contribution in [1.29, 1.82) is 0 Å². The molecule has 1 saturated heterocycles. The fourth-order valence-electron chi connectivity index (χ4n) is 2.37. The van der Waals surface area contributed by atoms with Gasteiger partial charge in [-0.1, -0.05) is 0 Å². The Morgan fingerprint density at radius 3 is 2.35 bits per heavy atom. The Kier molecular flexibility index (Phi) is 4.29. The van der Waals surface area contributed by atoms with Crippen molar-refractivity contribution in [3.63, 3.8) is 0 Å². The molecule has 5 nitrogen and oxygen atoms in total. The Morgan fingerprint density at radius 1 is 1.13 bits per heavy atom. The molecular weight excluding hydrogens is 329 g/mol. The van der Waals surface area contributed by atoms with E-state index in [2.05, 4.69) is 19.6 Å². The van der Waals surface area contributed by atoms with Crippen LogP contribution in [0.3, 0.4) is 0 Å². The van der Waals surface area contributed by atoms with Gasteiger partial charge in [0, 0.05) is 31.6 Å². The van der Waals surface area contributed by atoms with Crippen molar-refractivity contribution in [1.82, 2.24) is 9.97 Å². The summed E-state index contributed by atoms with van der Waals surface area (Å²) in [5.41, 5.74) is 1.01. The van der Waals surface area contributed by atoms with Crippen molar-refractivity contribution >= 4 is 22.3 Å². The summed E-state index contributed by atoms with van der Waals surface area (Å²) in [6.45, 7) is 5.05. The first-order chi connectivity index (χ1) is 10.9. The molecule has 0 N–H and O–H groups in total. The molecule has 0 aliphatic carbocycles. The molecule has 0 radical (unpaired) electrons. The highest BCUT2D eigenvalue weighted by Crippen LogP contribution is 2.25. The number of piperazine rings is 1. The second kappa shape index (κ2) is 6.23. The van der Waals surface area contributed by atoms with E-state index in [1.54, 1.807) is 17.4 Å². The molecule has 0 saturated carbocycles. The normalized spacial score (nSPS) is 15.8. The Labute approximate surface area is 135 Å². The number of ether oxygens (including phenoxy) is 1. The molecule has 0 atom stereocenters. The zero-order chi connectivity index (χ0) is 16.4. The first-order valence-corrected chi connectivity index (χ1v) is 7.92. The standard InChI is InChI=1S/C14H15F3N4OS/c1-10-9-23-13(19-10)21-6-4-20(5-7-21)12-3-2-11(8-18-12)22-14(15,16)17/h2-3,8-9H,4-7H2,1H3. The predicted octanol–water partition coefficient (Wildman–Crippen LogP) is 3.07. The monoisotopic (exact) mass is 344 g/mol. The molecule has 1 aliphatic heterocycles. The van der Waals surface area contributed by atoms with Gasteiger partial charge >= 0.3 is 6.36 Å². The van der Waals surface area contributed by atoms with E-state index in [1.165, 1.54) is 6.07 Å². The molecule has 2 aromatic rings. The average Bonchev–Trinajstić information content (AvgIpc) is 2.93. The number of aromatic nitrogens is 2. The number of pyridine rings is 1. The van der Waals surface area contributed by atoms with Crippen LogP contribution in [0.5, 0.6) is 5.75 Å². The van der Waals surface area contributed by atoms with E-state index in [1.807, 2.05) is 17.2 Å². The van der Waals surface area contributed by atoms with Crippen LogP contribution >= 0.6 is 11.3 Å². The fraction of sp³-hybridized carbons (Fsp3) is 0.429. The Bertz CT molecular complexity index is 651. The number of anilines is 2. The number of aryl methyl sites for hydroxylation is 1. The van der Waals surface area contributed by atoms with Crippen molar-refractivity contribution < 1.29 is 17.9 Å². The van der Waals surface area contributed by atoms with Crippen LogP contribution in [0.2, 0.25) is 0 Å². The molecule has 0 spiro atoms. The molecule has 1 fully saturated rings. The molecule has 3 rings (SSSR count). The molecular formula is C14H15F3N4OS. The van der Waals surface area contributed by atoms with Gasteiger partial charge in [0.25, 0.3) is 0 Å². The smallest absolute Gasteiger partial charge is 0.404 e. The van der Waals surface area contributed by atoms with E-state index in [4.69, 9.17) is 0 Å². The fourth-order valence-corrected chi connectivity index (χ4v) is 3.22. The Balaban J connectivity index is 1.59. The van der Waals surface area contributed by atoms with Gasteiger partial charge in [-0.2, -0.15) is 0 Å². The lowest BCUT2D eigenvalue weighted by atomic mass is 10.3. The lowest BCUT2D eigenvalue weighted by molar-refractivity contribution is -0.274. The topological polar surface area (TPSA) is 41.5 Å². The van der Waals surface area contributed by atoms with Crippen LogP contribution < -0.4 is 14.5 Å². The number of hydrogen-bond acceptors (Lipinski definition) is 6. The highest BCUT2D eigenvalue weighted by atomic mass is 32.1. The zero-order valence-corrected chi connectivity index (χ0v) is 13.2. The number of halogens is 3. The van der Waals surface area contributed by atoms with E-state index < -0.39 is 6.36 Å². The Morgan fingerprint density at radius 2 is 1.83 bits per heavy atom. The molecule has 0 aromatic carbocycles. The first-order valence-electron chi connectivity index (χ1n) is 7.04. The SMILES string of the molecule is Cc1csc(N2CCN(c3ccc(OC(F)(F)F)cn3)CC2)n1. The summed E-state index contributed by atoms with van der Waals surface area (Å²) >= 11 is 1.62. The molecule has 0 bridgehead atoms. The van der Waals surface area contributed by atoms with E-state index >= 15 is 0 Å². The second-order valence-electron chi connectivity index (χ2n) is 5.15. The lowest BCUT2D eigenvalue weighted by Gasteiger charge is -2.35. The van der Waals surface area contributed by atoms with Gasteiger partial charge in [-0.15, -0.1) is 24.5 Å². The van der Waals surface area contributed by atoms with E-state index in [-0.39, 0.29) is 5.75 Å². The summed E-state index contributed by atoms with van der Waals surface area (Å²) in [5.74, 6) is 0.340. The third-order valence-electron chi connectivity index (χ3n) is 3.44. The summed E-state index contributed by atoms with van der Waals surface area (Å²) in [4.78, 5) is 12.8. The van der Waals surface area contributed by atoms with Crippen LogP contribution in [0.15, 0.2) is 23.7 Å². The van der Waals surface area contributed by atoms with Gasteiger partial charge in [-0.05, 0) is 19.1 Å². The van der Waals surface area contributed by atoms with E-state index in [0.29, 0.717) is 5.82 Å². The second-order valence-corrected chi connectivity index (χ2v) is 5.98. The summed E-state index contributed by atoms with van der Waals surface area (Å²) in [6.07, 6.45) is -3.60. The lowest BCUT2D eigenvalue weighted by Crippen LogP contribution is -2.46. The van der Waals surface area contributed by atoms with Gasteiger partial charge in [0.1, 0.15) is 11.6 Å². The van der Waals surface area contributed by atoms with E-state index in [0.717, 1.165) is 43.2 Å². The summed E-state index contributed by atoms with van der Waals surface area (Å²) < 4.78 is 40.2. The van der Waals surface area contributed by atoms with Gasteiger partial charge in [0.15, 0.2) is 5.13 Å². The maximum Gasteiger partial charge on any atom is 0.573 e. The van der Waals surface area contributed by atoms with Crippen molar-refractivity contribution in [2.24, 2.45) is 0 Å². The van der Waals surface area contributed by atoms with Crippen LogP contribution in [0.4, 0.5) is 24.1 Å². The van der Waals surface area contributed by atoms with Crippen LogP contribution in [0.1, 0.15) is 5.69 Å². The highest BCUT2D eigenvalue weighted by Gasteiger charge is 2.31. The Hall–Kier alpha value is -2.03. The number of hydrogen-bond donors (Lipinski definition) is 0. The molecule has 3 heterocycles. The quantitative estimate of drug-likeness (QED) is 0.856. The van der Waals surface area contributed by atoms with Gasteiger partial charge in [-0.3, -0.25) is 0 Å². The van der Waals surface area contributed by atoms with Crippen LogP contribution in [-0.2, 0) is 0 Å². The summed E-state index contributed by atoms with van der Waals surface area (Å²) in [7, 11) is 0. The third kappa shape index (κ3) is 4.04. The zero-order valence-electron chi connectivity index (χ0n) is 12.4. The van der Waals surface area contributed by atoms with Crippen LogP contribution in [0.25, 0.3) is 0 Å². The first kappa shape index (κ1) is 15.9.